The third-order valence-electron chi connectivity index (χ3n) is 4.62. The maximum atomic E-state index is 13.3. The Labute approximate surface area is 145 Å². The van der Waals surface area contributed by atoms with Crippen LogP contribution in [0.2, 0.25) is 5.28 Å². The predicted molar refractivity (Wildman–Crippen MR) is 86.9 cm³/mol. The van der Waals surface area contributed by atoms with Gasteiger partial charge in [0, 0.05) is 13.6 Å². The Balaban J connectivity index is 2.04. The Morgan fingerprint density at radius 3 is 2.48 bits per heavy atom. The van der Waals surface area contributed by atoms with E-state index in [1.807, 2.05) is 0 Å². The zero-order chi connectivity index (χ0) is 17.2. The highest BCUT2D eigenvalue weighted by Crippen LogP contribution is 2.87. The second-order valence-corrected chi connectivity index (χ2v) is 7.37. The highest BCUT2D eigenvalue weighted by molar-refractivity contribution is 9.10. The Hall–Kier alpha value is -1.02. The Morgan fingerprint density at radius 2 is 2.04 bits per heavy atom. The van der Waals surface area contributed by atoms with Crippen LogP contribution in [0.1, 0.15) is 19.8 Å². The molecule has 2 aliphatic carbocycles. The molecule has 3 rings (SSSR count). The first-order valence-corrected chi connectivity index (χ1v) is 8.15. The number of nitrogens with zero attached hydrogens (tertiary/aromatic N) is 3. The van der Waals surface area contributed by atoms with Gasteiger partial charge in [-0.05, 0) is 47.3 Å². The van der Waals surface area contributed by atoms with E-state index in [1.165, 1.54) is 0 Å². The van der Waals surface area contributed by atoms with Gasteiger partial charge in [-0.1, -0.05) is 12.2 Å². The molecule has 0 bridgehead atoms. The molecule has 0 amide bonds. The van der Waals surface area contributed by atoms with Crippen LogP contribution in [0, 0.1) is 5.41 Å². The molecule has 0 saturated heterocycles. The van der Waals surface area contributed by atoms with Crippen molar-refractivity contribution in [2.24, 2.45) is 5.41 Å². The molecule has 1 aromatic heterocycles. The van der Waals surface area contributed by atoms with E-state index < -0.39 is 17.1 Å². The molecule has 0 atom stereocenters. The first-order chi connectivity index (χ1) is 10.6. The third-order valence-corrected chi connectivity index (χ3v) is 5.51. The molecule has 23 heavy (non-hydrogen) atoms. The average Bonchev–Trinajstić information content (AvgIpc) is 3.24. The monoisotopic (exact) mass is 410 g/mol. The van der Waals surface area contributed by atoms with Crippen LogP contribution in [-0.2, 0) is 0 Å². The quantitative estimate of drug-likeness (QED) is 0.575. The predicted octanol–water partition coefficient (Wildman–Crippen LogP) is 4.41. The third kappa shape index (κ3) is 2.33. The largest absolute Gasteiger partial charge is 0.396 e. The van der Waals surface area contributed by atoms with Crippen molar-refractivity contribution >= 4 is 39.2 Å². The average molecular weight is 412 g/mol. The normalized spacial score (nSPS) is 28.1. The topological polar surface area (TPSA) is 41.1 Å². The van der Waals surface area contributed by atoms with E-state index in [4.69, 9.17) is 11.6 Å². The number of anilines is 2. The Bertz CT molecular complexity index is 685. The van der Waals surface area contributed by atoms with E-state index in [0.29, 0.717) is 16.1 Å². The lowest BCUT2D eigenvalue weighted by Gasteiger charge is -2.28. The molecule has 0 aliphatic heterocycles. The number of halogens is 5. The molecule has 9 heteroatoms. The highest BCUT2D eigenvalue weighted by Gasteiger charge is 2.95. The van der Waals surface area contributed by atoms with Gasteiger partial charge in [-0.15, -0.1) is 0 Å². The van der Waals surface area contributed by atoms with E-state index in [-0.39, 0.29) is 24.7 Å². The van der Waals surface area contributed by atoms with Crippen LogP contribution in [0.4, 0.5) is 24.8 Å². The number of nitrogens with one attached hydrogen (secondary N) is 1. The standard InChI is InChI=1S/C14H15BrClF3N4/c1-7(2)4-23(13-5-12(13,6-13)14(17,18)19)10-8(15)9(20-3)21-11(16)22-10/h1,4-6H2,2-3H3,(H,20,21,22). The fourth-order valence-electron chi connectivity index (χ4n) is 3.22. The van der Waals surface area contributed by atoms with Gasteiger partial charge in [0.1, 0.15) is 10.3 Å². The van der Waals surface area contributed by atoms with Crippen LogP contribution in [0.3, 0.4) is 0 Å². The van der Waals surface area contributed by atoms with Crippen molar-refractivity contribution in [2.45, 2.75) is 31.5 Å². The van der Waals surface area contributed by atoms with Crippen LogP contribution in [-0.4, -0.2) is 35.3 Å². The summed E-state index contributed by atoms with van der Waals surface area (Å²) in [6.45, 7) is 5.89. The second kappa shape index (κ2) is 4.99. The molecule has 0 spiro atoms. The van der Waals surface area contributed by atoms with Crippen molar-refractivity contribution < 1.29 is 13.2 Å². The summed E-state index contributed by atoms with van der Waals surface area (Å²) in [4.78, 5) is 9.85. The smallest absolute Gasteiger partial charge is 0.372 e. The fourth-order valence-corrected chi connectivity index (χ4v) is 3.98. The molecule has 2 fully saturated rings. The lowest BCUT2D eigenvalue weighted by molar-refractivity contribution is -0.167. The first kappa shape index (κ1) is 16.8. The molecule has 0 aromatic carbocycles. The lowest BCUT2D eigenvalue weighted by Crippen LogP contribution is -2.35. The molecule has 1 heterocycles. The lowest BCUT2D eigenvalue weighted by atomic mass is 10.2. The van der Waals surface area contributed by atoms with Gasteiger partial charge in [-0.3, -0.25) is 0 Å². The van der Waals surface area contributed by atoms with E-state index >= 15 is 0 Å². The van der Waals surface area contributed by atoms with Crippen LogP contribution >= 0.6 is 27.5 Å². The minimum atomic E-state index is -4.21. The van der Waals surface area contributed by atoms with E-state index in [9.17, 15) is 13.2 Å². The highest BCUT2D eigenvalue weighted by atomic mass is 79.9. The first-order valence-electron chi connectivity index (χ1n) is 6.97. The molecular weight excluding hydrogens is 397 g/mol. The summed E-state index contributed by atoms with van der Waals surface area (Å²) in [5.74, 6) is 0.794. The van der Waals surface area contributed by atoms with Crippen molar-refractivity contribution in [2.75, 3.05) is 23.8 Å². The van der Waals surface area contributed by atoms with Crippen molar-refractivity contribution in [3.63, 3.8) is 0 Å². The number of hydrogen-bond acceptors (Lipinski definition) is 4. The zero-order valence-corrected chi connectivity index (χ0v) is 14.9. The maximum absolute atomic E-state index is 13.3. The van der Waals surface area contributed by atoms with Crippen molar-refractivity contribution in [3.8, 4) is 0 Å². The number of aromatic nitrogens is 2. The number of fused-ring (bicyclic) bond motifs is 1. The van der Waals surface area contributed by atoms with Crippen molar-refractivity contribution in [1.29, 1.82) is 0 Å². The van der Waals surface area contributed by atoms with E-state index in [2.05, 4.69) is 37.8 Å². The molecule has 0 unspecified atom stereocenters. The molecule has 2 aliphatic rings. The number of hydrogen-bond donors (Lipinski definition) is 1. The summed E-state index contributed by atoms with van der Waals surface area (Å²) >= 11 is 9.31. The van der Waals surface area contributed by atoms with Gasteiger partial charge in [-0.25, -0.2) is 0 Å². The van der Waals surface area contributed by atoms with E-state index in [1.54, 1.807) is 18.9 Å². The van der Waals surface area contributed by atoms with Crippen LogP contribution in [0.25, 0.3) is 0 Å². The zero-order valence-electron chi connectivity index (χ0n) is 12.6. The summed E-state index contributed by atoms with van der Waals surface area (Å²) in [7, 11) is 1.66. The van der Waals surface area contributed by atoms with Crippen LogP contribution in [0.15, 0.2) is 16.6 Å². The molecule has 126 valence electrons. The molecule has 1 N–H and O–H groups in total. The van der Waals surface area contributed by atoms with Gasteiger partial charge in [0.15, 0.2) is 5.82 Å². The second-order valence-electron chi connectivity index (χ2n) is 6.24. The Kier molecular flexibility index (Phi) is 3.65. The van der Waals surface area contributed by atoms with Gasteiger partial charge in [-0.2, -0.15) is 23.1 Å². The molecular formula is C14H15BrClF3N4. The SMILES string of the molecule is C=C(C)CN(c1nc(Cl)nc(NC)c1Br)C12CC1(C(F)(F)F)C2. The number of rotatable bonds is 5. The minimum absolute atomic E-state index is 0.0189. The maximum Gasteiger partial charge on any atom is 0.396 e. The summed E-state index contributed by atoms with van der Waals surface area (Å²) in [5, 5.41) is 2.84. The van der Waals surface area contributed by atoms with Gasteiger partial charge >= 0.3 is 6.18 Å². The number of alkyl halides is 3. The van der Waals surface area contributed by atoms with Gasteiger partial charge in [0.05, 0.1) is 11.0 Å². The summed E-state index contributed by atoms with van der Waals surface area (Å²) in [5.41, 5.74) is -1.80. The molecule has 4 nitrogen and oxygen atoms in total. The summed E-state index contributed by atoms with van der Waals surface area (Å²) < 4.78 is 40.5. The van der Waals surface area contributed by atoms with Crippen molar-refractivity contribution in [3.05, 3.63) is 21.9 Å². The Morgan fingerprint density at radius 1 is 1.43 bits per heavy atom. The van der Waals surface area contributed by atoms with Crippen LogP contribution in [0.5, 0.6) is 0 Å². The van der Waals surface area contributed by atoms with Crippen LogP contribution < -0.4 is 10.2 Å². The van der Waals surface area contributed by atoms with E-state index in [0.717, 1.165) is 5.57 Å². The van der Waals surface area contributed by atoms with Crippen molar-refractivity contribution in [1.82, 2.24) is 9.97 Å². The minimum Gasteiger partial charge on any atom is -0.372 e. The van der Waals surface area contributed by atoms with Gasteiger partial charge in [0.2, 0.25) is 5.28 Å². The molecule has 2 saturated carbocycles. The van der Waals surface area contributed by atoms with Gasteiger partial charge in [0.25, 0.3) is 0 Å². The molecule has 0 radical (unpaired) electrons. The summed E-state index contributed by atoms with van der Waals surface area (Å²) in [6.07, 6.45) is -4.05. The fraction of sp³-hybridized carbons (Fsp3) is 0.571. The molecule has 1 aromatic rings. The summed E-state index contributed by atoms with van der Waals surface area (Å²) in [6, 6.07) is 0. The van der Waals surface area contributed by atoms with Gasteiger partial charge < -0.3 is 10.2 Å².